The van der Waals surface area contributed by atoms with Gasteiger partial charge in [-0.25, -0.2) is 0 Å². The molecule has 1 saturated heterocycles. The van der Waals surface area contributed by atoms with Crippen LogP contribution in [0.3, 0.4) is 0 Å². The third-order valence-electron chi connectivity index (χ3n) is 3.42. The number of carbonyl (C=O) groups is 1. The van der Waals surface area contributed by atoms with Gasteiger partial charge < -0.3 is 10.2 Å². The van der Waals surface area contributed by atoms with Crippen LogP contribution in [0.2, 0.25) is 0 Å². The molecule has 1 aromatic rings. The molecular weight excluding hydrogens is 256 g/mol. The summed E-state index contributed by atoms with van der Waals surface area (Å²) in [5.74, 6) is 1.04. The zero-order valence-electron chi connectivity index (χ0n) is 11.5. The molecule has 0 aromatic heterocycles. The van der Waals surface area contributed by atoms with Gasteiger partial charge in [0.15, 0.2) is 0 Å². The predicted octanol–water partition coefficient (Wildman–Crippen LogP) is 2.38. The normalized spacial score (nSPS) is 17.3. The molecule has 0 spiro atoms. The second-order valence-corrected chi connectivity index (χ2v) is 6.22. The maximum Gasteiger partial charge on any atom is 0.221 e. The van der Waals surface area contributed by atoms with E-state index < -0.39 is 0 Å². The van der Waals surface area contributed by atoms with Crippen LogP contribution < -0.4 is 5.32 Å². The average Bonchev–Trinajstić information content (AvgIpc) is 2.43. The molecule has 2 rings (SSSR count). The Morgan fingerprint density at radius 1 is 1.32 bits per heavy atom. The molecule has 0 bridgehead atoms. The van der Waals surface area contributed by atoms with Gasteiger partial charge in [0.2, 0.25) is 5.91 Å². The molecule has 1 aliphatic rings. The Hall–Kier alpha value is -1.00. The number of hydrogen-bond donors (Lipinski definition) is 1. The van der Waals surface area contributed by atoms with Crippen molar-refractivity contribution in [2.45, 2.75) is 30.2 Å². The lowest BCUT2D eigenvalue weighted by atomic mass is 10.1. The molecule has 1 aromatic carbocycles. The zero-order valence-corrected chi connectivity index (χ0v) is 12.3. The fraction of sp³-hybridized carbons (Fsp3) is 0.533. The molecule has 1 N–H and O–H groups in total. The smallest absolute Gasteiger partial charge is 0.221 e. The van der Waals surface area contributed by atoms with Crippen molar-refractivity contribution < 1.29 is 4.79 Å². The highest BCUT2D eigenvalue weighted by Crippen LogP contribution is 2.17. The van der Waals surface area contributed by atoms with E-state index in [1.165, 1.54) is 4.90 Å². The van der Waals surface area contributed by atoms with Crippen LogP contribution in [-0.2, 0) is 4.79 Å². The number of hydrogen-bond acceptors (Lipinski definition) is 3. The van der Waals surface area contributed by atoms with Crippen LogP contribution in [0, 0.1) is 0 Å². The molecule has 1 heterocycles. The summed E-state index contributed by atoms with van der Waals surface area (Å²) >= 11 is 1.74. The fourth-order valence-electron chi connectivity index (χ4n) is 2.23. The Morgan fingerprint density at radius 2 is 2.00 bits per heavy atom. The van der Waals surface area contributed by atoms with Gasteiger partial charge in [-0.3, -0.25) is 4.79 Å². The minimum absolute atomic E-state index is 0.193. The molecule has 104 valence electrons. The largest absolute Gasteiger partial charge is 0.353 e. The first-order valence-corrected chi connectivity index (χ1v) is 7.88. The lowest BCUT2D eigenvalue weighted by Gasteiger charge is -2.29. The van der Waals surface area contributed by atoms with Gasteiger partial charge in [0.05, 0.1) is 0 Å². The maximum atomic E-state index is 11.8. The number of benzene rings is 1. The van der Waals surface area contributed by atoms with E-state index in [9.17, 15) is 4.79 Å². The predicted molar refractivity (Wildman–Crippen MR) is 80.4 cm³/mol. The van der Waals surface area contributed by atoms with Crippen molar-refractivity contribution >= 4 is 17.7 Å². The van der Waals surface area contributed by atoms with Crippen molar-refractivity contribution in [3.05, 3.63) is 30.3 Å². The van der Waals surface area contributed by atoms with Crippen LogP contribution in [0.5, 0.6) is 0 Å². The van der Waals surface area contributed by atoms with Crippen LogP contribution in [-0.4, -0.2) is 42.7 Å². The summed E-state index contributed by atoms with van der Waals surface area (Å²) in [6.45, 7) is 2.17. The number of nitrogens with one attached hydrogen (secondary N) is 1. The van der Waals surface area contributed by atoms with E-state index in [1.54, 1.807) is 11.8 Å². The topological polar surface area (TPSA) is 32.3 Å². The van der Waals surface area contributed by atoms with E-state index in [2.05, 4.69) is 29.4 Å². The van der Waals surface area contributed by atoms with Crippen LogP contribution >= 0.6 is 11.8 Å². The van der Waals surface area contributed by atoms with Gasteiger partial charge >= 0.3 is 0 Å². The molecule has 0 unspecified atom stereocenters. The number of piperidine rings is 1. The van der Waals surface area contributed by atoms with Crippen LogP contribution in [0.1, 0.15) is 19.3 Å². The molecule has 19 heavy (non-hydrogen) atoms. The van der Waals surface area contributed by atoms with Crippen molar-refractivity contribution in [1.82, 2.24) is 10.2 Å². The van der Waals surface area contributed by atoms with Gasteiger partial charge in [0.1, 0.15) is 0 Å². The van der Waals surface area contributed by atoms with E-state index in [0.29, 0.717) is 12.5 Å². The van der Waals surface area contributed by atoms with E-state index >= 15 is 0 Å². The molecule has 0 radical (unpaired) electrons. The average molecular weight is 278 g/mol. The standard InChI is InChI=1S/C15H22N2OS/c1-17-10-7-13(8-11-17)16-15(18)9-12-19-14-5-3-2-4-6-14/h2-6,13H,7-12H2,1H3,(H,16,18). The molecular formula is C15H22N2OS. The monoisotopic (exact) mass is 278 g/mol. The number of amides is 1. The summed E-state index contributed by atoms with van der Waals surface area (Å²) in [5.41, 5.74) is 0. The highest BCUT2D eigenvalue weighted by molar-refractivity contribution is 7.99. The van der Waals surface area contributed by atoms with Gasteiger partial charge in [-0.2, -0.15) is 0 Å². The first-order valence-electron chi connectivity index (χ1n) is 6.90. The van der Waals surface area contributed by atoms with E-state index in [1.807, 2.05) is 18.2 Å². The summed E-state index contributed by atoms with van der Waals surface area (Å²) in [4.78, 5) is 15.4. The van der Waals surface area contributed by atoms with Crippen molar-refractivity contribution in [2.75, 3.05) is 25.9 Å². The molecule has 0 saturated carbocycles. The molecule has 1 aliphatic heterocycles. The van der Waals surface area contributed by atoms with Gasteiger partial charge in [0, 0.05) is 23.1 Å². The maximum absolute atomic E-state index is 11.8. The highest BCUT2D eigenvalue weighted by atomic mass is 32.2. The van der Waals surface area contributed by atoms with E-state index in [0.717, 1.165) is 31.7 Å². The van der Waals surface area contributed by atoms with Crippen molar-refractivity contribution in [3.63, 3.8) is 0 Å². The Kier molecular flexibility index (Phi) is 5.73. The summed E-state index contributed by atoms with van der Waals surface area (Å²) in [6.07, 6.45) is 2.76. The van der Waals surface area contributed by atoms with Crippen LogP contribution in [0.4, 0.5) is 0 Å². The SMILES string of the molecule is CN1CCC(NC(=O)CCSc2ccccc2)CC1. The second-order valence-electron chi connectivity index (χ2n) is 5.06. The number of carbonyl (C=O) groups excluding carboxylic acids is 1. The molecule has 1 amide bonds. The third-order valence-corrected chi connectivity index (χ3v) is 4.44. The zero-order chi connectivity index (χ0) is 13.5. The van der Waals surface area contributed by atoms with Gasteiger partial charge in [-0.15, -0.1) is 11.8 Å². The van der Waals surface area contributed by atoms with Crippen molar-refractivity contribution in [2.24, 2.45) is 0 Å². The third kappa shape index (κ3) is 5.25. The number of nitrogens with zero attached hydrogens (tertiary/aromatic N) is 1. The summed E-state index contributed by atoms with van der Waals surface area (Å²) in [5, 5.41) is 3.15. The van der Waals surface area contributed by atoms with Crippen LogP contribution in [0.25, 0.3) is 0 Å². The molecule has 1 fully saturated rings. The van der Waals surface area contributed by atoms with Crippen LogP contribution in [0.15, 0.2) is 35.2 Å². The minimum Gasteiger partial charge on any atom is -0.353 e. The Bertz CT molecular complexity index is 388. The lowest BCUT2D eigenvalue weighted by Crippen LogP contribution is -2.43. The summed E-state index contributed by atoms with van der Waals surface area (Å²) < 4.78 is 0. The number of likely N-dealkylation sites (tertiary alicyclic amines) is 1. The second kappa shape index (κ2) is 7.56. The summed E-state index contributed by atoms with van der Waals surface area (Å²) in [7, 11) is 2.13. The van der Waals surface area contributed by atoms with Gasteiger partial charge in [-0.05, 0) is 45.1 Å². The fourth-order valence-corrected chi connectivity index (χ4v) is 3.10. The first-order chi connectivity index (χ1) is 9.24. The molecule has 3 nitrogen and oxygen atoms in total. The van der Waals surface area contributed by atoms with Gasteiger partial charge in [-0.1, -0.05) is 18.2 Å². The lowest BCUT2D eigenvalue weighted by molar-refractivity contribution is -0.121. The van der Waals surface area contributed by atoms with E-state index in [4.69, 9.17) is 0 Å². The minimum atomic E-state index is 0.193. The number of rotatable bonds is 5. The molecule has 0 aliphatic carbocycles. The Balaban J connectivity index is 1.62. The van der Waals surface area contributed by atoms with Crippen molar-refractivity contribution in [3.8, 4) is 0 Å². The molecule has 0 atom stereocenters. The molecule has 4 heteroatoms. The Labute approximate surface area is 119 Å². The van der Waals surface area contributed by atoms with Crippen molar-refractivity contribution in [1.29, 1.82) is 0 Å². The van der Waals surface area contributed by atoms with E-state index in [-0.39, 0.29) is 5.91 Å². The highest BCUT2D eigenvalue weighted by Gasteiger charge is 2.17. The number of thioether (sulfide) groups is 1. The first kappa shape index (κ1) is 14.4. The quantitative estimate of drug-likeness (QED) is 0.839. The Morgan fingerprint density at radius 3 is 2.68 bits per heavy atom. The van der Waals surface area contributed by atoms with Gasteiger partial charge in [0.25, 0.3) is 0 Å². The summed E-state index contributed by atoms with van der Waals surface area (Å²) in [6, 6.07) is 10.6.